The molecule has 152 valence electrons. The average Bonchev–Trinajstić information content (AvgIpc) is 2.59. The molecule has 1 N–H and O–H groups in total. The van der Waals surface area contributed by atoms with Crippen LogP contribution in [0.25, 0.3) is 0 Å². The van der Waals surface area contributed by atoms with Crippen LogP contribution in [0.5, 0.6) is 0 Å². The van der Waals surface area contributed by atoms with Crippen molar-refractivity contribution < 1.29 is 14.7 Å². The maximum Gasteiger partial charge on any atom is 0.226 e. The van der Waals surface area contributed by atoms with E-state index in [1.54, 1.807) is 0 Å². The van der Waals surface area contributed by atoms with Crippen LogP contribution in [0, 0.1) is 23.2 Å². The Balaban J connectivity index is 1.54. The van der Waals surface area contributed by atoms with Gasteiger partial charge in [-0.3, -0.25) is 4.79 Å². The fraction of sp³-hybridized carbons (Fsp3) is 0.667. The van der Waals surface area contributed by atoms with Crippen molar-refractivity contribution in [1.82, 2.24) is 5.32 Å². The molecule has 0 unspecified atom stereocenters. The molecule has 1 amide bonds. The van der Waals surface area contributed by atoms with Crippen molar-refractivity contribution in [3.05, 3.63) is 35.4 Å². The number of carboxylic acids is 1. The summed E-state index contributed by atoms with van der Waals surface area (Å²) in [5.41, 5.74) is 1.79. The Bertz CT molecular complexity index is 724. The first-order chi connectivity index (χ1) is 13.1. The Labute approximate surface area is 168 Å². The van der Waals surface area contributed by atoms with E-state index in [-0.39, 0.29) is 23.2 Å². The fourth-order valence-electron chi connectivity index (χ4n) is 6.33. The molecule has 0 aromatic heterocycles. The summed E-state index contributed by atoms with van der Waals surface area (Å²) in [6.07, 6.45) is 6.59. The number of hydrogen-bond donors (Lipinski definition) is 1. The van der Waals surface area contributed by atoms with Gasteiger partial charge in [0.1, 0.15) is 0 Å². The minimum atomic E-state index is -1.13. The third-order valence-electron chi connectivity index (χ3n) is 7.38. The highest BCUT2D eigenvalue weighted by molar-refractivity contribution is 5.84. The second kappa shape index (κ2) is 6.89. The Morgan fingerprint density at radius 3 is 1.96 bits per heavy atom. The molecule has 4 aliphatic rings. The summed E-state index contributed by atoms with van der Waals surface area (Å²) in [5.74, 6) is 0.987. The summed E-state index contributed by atoms with van der Waals surface area (Å²) in [6, 6.07) is 7.45. The third kappa shape index (κ3) is 3.70. The van der Waals surface area contributed by atoms with Crippen LogP contribution in [0.2, 0.25) is 0 Å². The van der Waals surface area contributed by atoms with Crippen LogP contribution >= 0.6 is 0 Å². The van der Waals surface area contributed by atoms with E-state index >= 15 is 0 Å². The van der Waals surface area contributed by atoms with Gasteiger partial charge in [-0.05, 0) is 72.8 Å². The van der Waals surface area contributed by atoms with E-state index in [2.05, 4.69) is 26.1 Å². The van der Waals surface area contributed by atoms with Crippen molar-refractivity contribution in [3.8, 4) is 0 Å². The topological polar surface area (TPSA) is 69.2 Å². The van der Waals surface area contributed by atoms with Crippen LogP contribution in [0.3, 0.4) is 0 Å². The van der Waals surface area contributed by atoms with Crippen LogP contribution in [0.15, 0.2) is 24.3 Å². The number of rotatable bonds is 5. The highest BCUT2D eigenvalue weighted by Crippen LogP contribution is 2.60. The van der Waals surface area contributed by atoms with Crippen LogP contribution < -0.4 is 10.4 Å². The lowest BCUT2D eigenvalue weighted by Gasteiger charge is -2.55. The van der Waals surface area contributed by atoms with E-state index in [1.165, 1.54) is 24.8 Å². The van der Waals surface area contributed by atoms with Gasteiger partial charge in [0.2, 0.25) is 5.91 Å². The first-order valence-electron chi connectivity index (χ1n) is 10.8. The Morgan fingerprint density at radius 2 is 1.54 bits per heavy atom. The summed E-state index contributed by atoms with van der Waals surface area (Å²) < 4.78 is 0. The van der Waals surface area contributed by atoms with E-state index in [1.807, 2.05) is 24.3 Å². The molecular formula is C24H32NO3-. The normalized spacial score (nSPS) is 32.2. The van der Waals surface area contributed by atoms with Crippen molar-refractivity contribution in [1.29, 1.82) is 0 Å². The smallest absolute Gasteiger partial charge is 0.226 e. The zero-order valence-corrected chi connectivity index (χ0v) is 17.3. The molecule has 1 aromatic carbocycles. The standard InChI is InChI=1S/C24H33NO3/c1-23(2,3)19-6-4-18(5-7-19)20(11-21(26)27)25-22(28)24-12-15-8-16(13-24)10-17(9-15)14-24/h4-7,15-17,20H,8-14H2,1-3H3,(H,25,28)(H,26,27)/p-1/t15?,16?,17?,20-,24?/m0/s1. The second-order valence-corrected chi connectivity index (χ2v) is 10.7. The Morgan fingerprint density at radius 1 is 1.04 bits per heavy atom. The molecule has 5 rings (SSSR count). The number of amides is 1. The van der Waals surface area contributed by atoms with Crippen molar-refractivity contribution in [2.75, 3.05) is 0 Å². The van der Waals surface area contributed by atoms with E-state index in [9.17, 15) is 14.7 Å². The molecule has 4 fully saturated rings. The molecule has 0 heterocycles. The summed E-state index contributed by atoms with van der Waals surface area (Å²) in [7, 11) is 0. The zero-order chi connectivity index (χ0) is 20.1. The largest absolute Gasteiger partial charge is 0.550 e. The lowest BCUT2D eigenvalue weighted by Crippen LogP contribution is -2.54. The summed E-state index contributed by atoms with van der Waals surface area (Å²) in [4.78, 5) is 24.7. The van der Waals surface area contributed by atoms with Crippen LogP contribution in [-0.4, -0.2) is 11.9 Å². The van der Waals surface area contributed by atoms with Crippen LogP contribution in [-0.2, 0) is 15.0 Å². The molecular weight excluding hydrogens is 350 g/mol. The molecule has 0 saturated heterocycles. The monoisotopic (exact) mass is 382 g/mol. The predicted molar refractivity (Wildman–Crippen MR) is 106 cm³/mol. The van der Waals surface area contributed by atoms with Gasteiger partial charge in [-0.15, -0.1) is 0 Å². The first-order valence-corrected chi connectivity index (χ1v) is 10.8. The van der Waals surface area contributed by atoms with Gasteiger partial charge >= 0.3 is 0 Å². The van der Waals surface area contributed by atoms with Gasteiger partial charge in [0.15, 0.2) is 0 Å². The minimum Gasteiger partial charge on any atom is -0.550 e. The molecule has 0 aliphatic heterocycles. The average molecular weight is 383 g/mol. The van der Waals surface area contributed by atoms with E-state index in [0.29, 0.717) is 17.8 Å². The van der Waals surface area contributed by atoms with Gasteiger partial charge in [0.25, 0.3) is 0 Å². The first kappa shape index (κ1) is 19.5. The number of hydrogen-bond acceptors (Lipinski definition) is 3. The molecule has 4 bridgehead atoms. The van der Waals surface area contributed by atoms with Gasteiger partial charge < -0.3 is 15.2 Å². The van der Waals surface area contributed by atoms with Crippen molar-refractivity contribution in [2.24, 2.45) is 23.2 Å². The van der Waals surface area contributed by atoms with E-state index in [4.69, 9.17) is 0 Å². The number of carbonyl (C=O) groups is 2. The van der Waals surface area contributed by atoms with Gasteiger partial charge in [-0.1, -0.05) is 45.0 Å². The molecule has 4 heteroatoms. The Kier molecular flexibility index (Phi) is 4.79. The molecule has 1 aromatic rings. The molecule has 4 aliphatic carbocycles. The number of aliphatic carboxylic acids is 1. The van der Waals surface area contributed by atoms with Crippen LogP contribution in [0.1, 0.15) is 82.9 Å². The lowest BCUT2D eigenvalue weighted by molar-refractivity contribution is -0.306. The SMILES string of the molecule is CC(C)(C)c1ccc([C@H](CC(=O)[O-])NC(=O)C23CC4CC(CC(C4)C2)C3)cc1. The number of carbonyl (C=O) groups excluding carboxylic acids is 2. The van der Waals surface area contributed by atoms with Crippen LogP contribution in [0.4, 0.5) is 0 Å². The lowest BCUT2D eigenvalue weighted by atomic mass is 9.49. The second-order valence-electron chi connectivity index (χ2n) is 10.7. The molecule has 1 atom stereocenters. The maximum atomic E-state index is 13.4. The van der Waals surface area contributed by atoms with Gasteiger partial charge in [-0.25, -0.2) is 0 Å². The number of carboxylic acid groups (broad SMARTS) is 1. The van der Waals surface area contributed by atoms with Crippen molar-refractivity contribution in [3.63, 3.8) is 0 Å². The fourth-order valence-corrected chi connectivity index (χ4v) is 6.33. The zero-order valence-electron chi connectivity index (χ0n) is 17.3. The van der Waals surface area contributed by atoms with Crippen molar-refractivity contribution in [2.45, 2.75) is 77.2 Å². The predicted octanol–water partition coefficient (Wildman–Crippen LogP) is 3.50. The summed E-state index contributed by atoms with van der Waals surface area (Å²) in [5, 5.41) is 14.5. The minimum absolute atomic E-state index is 0.0326. The van der Waals surface area contributed by atoms with Gasteiger partial charge in [0.05, 0.1) is 6.04 Å². The highest BCUT2D eigenvalue weighted by atomic mass is 16.4. The molecule has 4 saturated carbocycles. The summed E-state index contributed by atoms with van der Waals surface area (Å²) >= 11 is 0. The van der Waals surface area contributed by atoms with E-state index < -0.39 is 12.0 Å². The van der Waals surface area contributed by atoms with Gasteiger partial charge in [-0.2, -0.15) is 0 Å². The number of benzene rings is 1. The molecule has 0 radical (unpaired) electrons. The maximum absolute atomic E-state index is 13.4. The molecule has 0 spiro atoms. The number of nitrogens with one attached hydrogen (secondary N) is 1. The molecule has 28 heavy (non-hydrogen) atoms. The van der Waals surface area contributed by atoms with Crippen molar-refractivity contribution >= 4 is 11.9 Å². The molecule has 4 nitrogen and oxygen atoms in total. The quantitative estimate of drug-likeness (QED) is 0.847. The highest BCUT2D eigenvalue weighted by Gasteiger charge is 2.54. The van der Waals surface area contributed by atoms with Gasteiger partial charge in [0, 0.05) is 17.8 Å². The summed E-state index contributed by atoms with van der Waals surface area (Å²) in [6.45, 7) is 6.44. The Hall–Kier alpha value is -1.84. The third-order valence-corrected chi connectivity index (χ3v) is 7.38. The van der Waals surface area contributed by atoms with E-state index in [0.717, 1.165) is 24.8 Å².